The molecule has 1 nitrogen and oxygen atoms in total. The van der Waals surface area contributed by atoms with E-state index in [1.54, 1.807) is 12.1 Å². The lowest BCUT2D eigenvalue weighted by atomic mass is 10.00. The summed E-state index contributed by atoms with van der Waals surface area (Å²) in [6.07, 6.45) is 2.45. The molecule has 0 spiro atoms. The standard InChI is InChI=1S/C11H11FO/c1-3-11(2)7-8-6-9(12)4-5-10(8)13-11/h3-6H,1,7H2,2H3/t11-/m1/s1. The Bertz CT molecular complexity index is 359. The minimum Gasteiger partial charge on any atom is -0.483 e. The van der Waals surface area contributed by atoms with E-state index in [-0.39, 0.29) is 11.4 Å². The normalized spacial score (nSPS) is 25.1. The third kappa shape index (κ3) is 1.32. The van der Waals surface area contributed by atoms with Gasteiger partial charge in [0.15, 0.2) is 0 Å². The van der Waals surface area contributed by atoms with Crippen molar-refractivity contribution in [1.29, 1.82) is 0 Å². The van der Waals surface area contributed by atoms with Crippen LogP contribution in [-0.4, -0.2) is 5.60 Å². The highest BCUT2D eigenvalue weighted by Gasteiger charge is 2.31. The molecule has 2 rings (SSSR count). The number of hydrogen-bond donors (Lipinski definition) is 0. The Morgan fingerprint density at radius 2 is 2.38 bits per heavy atom. The third-order valence-electron chi connectivity index (χ3n) is 2.34. The first kappa shape index (κ1) is 8.30. The quantitative estimate of drug-likeness (QED) is 0.601. The average molecular weight is 178 g/mol. The van der Waals surface area contributed by atoms with E-state index in [2.05, 4.69) is 6.58 Å². The van der Waals surface area contributed by atoms with Crippen LogP contribution in [0.2, 0.25) is 0 Å². The summed E-state index contributed by atoms with van der Waals surface area (Å²) in [5, 5.41) is 0. The summed E-state index contributed by atoms with van der Waals surface area (Å²) in [6.45, 7) is 5.64. The van der Waals surface area contributed by atoms with Crippen molar-refractivity contribution in [3.05, 3.63) is 42.2 Å². The van der Waals surface area contributed by atoms with Crippen LogP contribution < -0.4 is 4.74 Å². The molecule has 0 fully saturated rings. The molecule has 1 aromatic rings. The Balaban J connectivity index is 2.40. The van der Waals surface area contributed by atoms with Crippen LogP contribution in [0.3, 0.4) is 0 Å². The summed E-state index contributed by atoms with van der Waals surface area (Å²) in [7, 11) is 0. The zero-order chi connectivity index (χ0) is 9.47. The molecule has 0 saturated carbocycles. The van der Waals surface area contributed by atoms with Gasteiger partial charge in [-0.2, -0.15) is 0 Å². The maximum absolute atomic E-state index is 12.8. The lowest BCUT2D eigenvalue weighted by Crippen LogP contribution is -2.26. The Morgan fingerprint density at radius 1 is 1.62 bits per heavy atom. The average Bonchev–Trinajstić information content (AvgIpc) is 2.42. The van der Waals surface area contributed by atoms with Crippen molar-refractivity contribution in [3.63, 3.8) is 0 Å². The van der Waals surface area contributed by atoms with Crippen LogP contribution in [-0.2, 0) is 6.42 Å². The Morgan fingerprint density at radius 3 is 3.08 bits per heavy atom. The topological polar surface area (TPSA) is 9.23 Å². The molecule has 68 valence electrons. The second-order valence-corrected chi connectivity index (χ2v) is 3.55. The second kappa shape index (κ2) is 2.59. The first-order valence-electron chi connectivity index (χ1n) is 4.24. The van der Waals surface area contributed by atoms with Crippen LogP contribution in [0.25, 0.3) is 0 Å². The minimum absolute atomic E-state index is 0.212. The number of rotatable bonds is 1. The first-order valence-corrected chi connectivity index (χ1v) is 4.24. The van der Waals surface area contributed by atoms with E-state index >= 15 is 0 Å². The van der Waals surface area contributed by atoms with Crippen molar-refractivity contribution in [2.75, 3.05) is 0 Å². The minimum atomic E-state index is -0.365. The summed E-state index contributed by atoms with van der Waals surface area (Å²) in [6, 6.07) is 4.59. The fourth-order valence-electron chi connectivity index (χ4n) is 1.57. The van der Waals surface area contributed by atoms with Gasteiger partial charge in [0.05, 0.1) is 0 Å². The van der Waals surface area contributed by atoms with E-state index < -0.39 is 0 Å². The zero-order valence-electron chi connectivity index (χ0n) is 7.51. The predicted octanol–water partition coefficient (Wildman–Crippen LogP) is 2.71. The third-order valence-corrected chi connectivity index (χ3v) is 2.34. The monoisotopic (exact) mass is 178 g/mol. The molecule has 0 amide bonds. The number of fused-ring (bicyclic) bond motifs is 1. The Kier molecular flexibility index (Phi) is 1.65. The maximum Gasteiger partial charge on any atom is 0.128 e. The van der Waals surface area contributed by atoms with Crippen LogP contribution in [0.5, 0.6) is 5.75 Å². The number of ether oxygens (including phenoxy) is 1. The number of benzene rings is 1. The summed E-state index contributed by atoms with van der Waals surface area (Å²) in [5.74, 6) is 0.555. The van der Waals surface area contributed by atoms with Crippen molar-refractivity contribution >= 4 is 0 Å². The van der Waals surface area contributed by atoms with E-state index in [0.29, 0.717) is 6.42 Å². The predicted molar refractivity (Wildman–Crippen MR) is 49.3 cm³/mol. The molecule has 0 N–H and O–H groups in total. The fraction of sp³-hybridized carbons (Fsp3) is 0.273. The van der Waals surface area contributed by atoms with Crippen LogP contribution in [0.1, 0.15) is 12.5 Å². The fourth-order valence-corrected chi connectivity index (χ4v) is 1.57. The number of hydrogen-bond acceptors (Lipinski definition) is 1. The molecule has 0 aromatic heterocycles. The van der Waals surface area contributed by atoms with Gasteiger partial charge in [0.2, 0.25) is 0 Å². The molecule has 1 atom stereocenters. The molecule has 0 saturated heterocycles. The lowest BCUT2D eigenvalue weighted by molar-refractivity contribution is 0.171. The highest BCUT2D eigenvalue weighted by Crippen LogP contribution is 2.35. The van der Waals surface area contributed by atoms with Crippen molar-refractivity contribution < 1.29 is 9.13 Å². The summed E-state index contributed by atoms with van der Waals surface area (Å²) >= 11 is 0. The highest BCUT2D eigenvalue weighted by atomic mass is 19.1. The highest BCUT2D eigenvalue weighted by molar-refractivity contribution is 5.40. The molecule has 13 heavy (non-hydrogen) atoms. The first-order chi connectivity index (χ1) is 6.13. The molecule has 0 radical (unpaired) electrons. The molecule has 1 aliphatic rings. The number of halogens is 1. The van der Waals surface area contributed by atoms with E-state index in [1.165, 1.54) is 12.1 Å². The second-order valence-electron chi connectivity index (χ2n) is 3.55. The van der Waals surface area contributed by atoms with E-state index in [4.69, 9.17) is 4.74 Å². The van der Waals surface area contributed by atoms with Gasteiger partial charge in [-0.25, -0.2) is 4.39 Å². The smallest absolute Gasteiger partial charge is 0.128 e. The summed E-state index contributed by atoms with van der Waals surface area (Å²) in [5.41, 5.74) is 0.554. The molecule has 0 aliphatic carbocycles. The van der Waals surface area contributed by atoms with Crippen LogP contribution in [0.4, 0.5) is 4.39 Å². The zero-order valence-corrected chi connectivity index (χ0v) is 7.51. The van der Waals surface area contributed by atoms with Gasteiger partial charge < -0.3 is 4.74 Å². The van der Waals surface area contributed by atoms with Gasteiger partial charge in [-0.1, -0.05) is 6.58 Å². The van der Waals surface area contributed by atoms with E-state index in [9.17, 15) is 4.39 Å². The van der Waals surface area contributed by atoms with Gasteiger partial charge in [-0.05, 0) is 31.2 Å². The van der Waals surface area contributed by atoms with Crippen LogP contribution >= 0.6 is 0 Å². The van der Waals surface area contributed by atoms with Crippen molar-refractivity contribution in [2.45, 2.75) is 18.9 Å². The molecule has 1 aliphatic heterocycles. The Hall–Kier alpha value is -1.31. The van der Waals surface area contributed by atoms with Gasteiger partial charge >= 0.3 is 0 Å². The SMILES string of the molecule is C=C[C@]1(C)Cc2cc(F)ccc2O1. The molecule has 2 heteroatoms. The summed E-state index contributed by atoms with van der Waals surface area (Å²) < 4.78 is 18.5. The van der Waals surface area contributed by atoms with Gasteiger partial charge in [0, 0.05) is 12.0 Å². The van der Waals surface area contributed by atoms with E-state index in [1.807, 2.05) is 6.92 Å². The van der Waals surface area contributed by atoms with Crippen LogP contribution in [0, 0.1) is 5.82 Å². The molecular formula is C11H11FO. The van der Waals surface area contributed by atoms with Gasteiger partial charge in [0.1, 0.15) is 17.2 Å². The largest absolute Gasteiger partial charge is 0.483 e. The van der Waals surface area contributed by atoms with Crippen LogP contribution in [0.15, 0.2) is 30.9 Å². The lowest BCUT2D eigenvalue weighted by Gasteiger charge is -2.18. The molecular weight excluding hydrogens is 167 g/mol. The maximum atomic E-state index is 12.8. The van der Waals surface area contributed by atoms with E-state index in [0.717, 1.165) is 11.3 Å². The van der Waals surface area contributed by atoms with Gasteiger partial charge in [-0.15, -0.1) is 0 Å². The Labute approximate surface area is 76.8 Å². The van der Waals surface area contributed by atoms with Gasteiger partial charge in [-0.3, -0.25) is 0 Å². The molecule has 0 bridgehead atoms. The molecule has 1 aromatic carbocycles. The summed E-state index contributed by atoms with van der Waals surface area (Å²) in [4.78, 5) is 0. The van der Waals surface area contributed by atoms with Gasteiger partial charge in [0.25, 0.3) is 0 Å². The van der Waals surface area contributed by atoms with Crippen molar-refractivity contribution in [3.8, 4) is 5.75 Å². The van der Waals surface area contributed by atoms with Crippen molar-refractivity contribution in [2.24, 2.45) is 0 Å². The molecule has 1 heterocycles. The molecule has 0 unspecified atom stereocenters. The van der Waals surface area contributed by atoms with Crippen molar-refractivity contribution in [1.82, 2.24) is 0 Å².